The van der Waals surface area contributed by atoms with E-state index in [0.29, 0.717) is 19.3 Å². The molecule has 0 aliphatic heterocycles. The average molecular weight is 1120 g/mol. The second-order valence-electron chi connectivity index (χ2n) is 21.6. The van der Waals surface area contributed by atoms with Gasteiger partial charge in [0.05, 0.1) is 19.8 Å². The fraction of sp³-hybridized carbons (Fsp3) is 0.803. The Morgan fingerprint density at radius 1 is 0.359 bits per heavy atom. The van der Waals surface area contributed by atoms with Crippen LogP contribution in [-0.4, -0.2) is 66.5 Å². The van der Waals surface area contributed by atoms with Crippen molar-refractivity contribution < 1.29 is 52.2 Å². The second kappa shape index (κ2) is 60.3. The third-order valence-electron chi connectivity index (χ3n) is 13.9. The van der Waals surface area contributed by atoms with Crippen LogP contribution >= 0.6 is 7.82 Å². The van der Waals surface area contributed by atoms with Crippen LogP contribution in [0, 0.1) is 0 Å². The molecule has 454 valence electrons. The SMILES string of the molecule is CCCCC/C=C\C/C=C\C/C=C\CCCCCCCCC(=O)OC(COC(=O)CCCCCCCCCCC/C=C\C/C=C\CCCCC)COP(=O)(O)OCC(CO)OC(=O)CCCCCCCCCCCCCCC. The number of ether oxygens (including phenoxy) is 3. The summed E-state index contributed by atoms with van der Waals surface area (Å²) in [5.41, 5.74) is 0. The molecule has 0 aliphatic carbocycles. The van der Waals surface area contributed by atoms with Crippen molar-refractivity contribution in [2.45, 2.75) is 315 Å². The Bertz CT molecular complexity index is 1540. The van der Waals surface area contributed by atoms with E-state index in [1.807, 2.05) is 0 Å². The number of unbranched alkanes of at least 4 members (excludes halogenated alkanes) is 33. The van der Waals surface area contributed by atoms with E-state index in [1.165, 1.54) is 141 Å². The van der Waals surface area contributed by atoms with Crippen molar-refractivity contribution >= 4 is 25.7 Å². The Labute approximate surface area is 478 Å². The number of phosphoric ester groups is 1. The van der Waals surface area contributed by atoms with Crippen molar-refractivity contribution in [3.63, 3.8) is 0 Å². The second-order valence-corrected chi connectivity index (χ2v) is 23.0. The predicted octanol–water partition coefficient (Wildman–Crippen LogP) is 19.5. The predicted molar refractivity (Wildman–Crippen MR) is 325 cm³/mol. The third-order valence-corrected chi connectivity index (χ3v) is 14.9. The lowest BCUT2D eigenvalue weighted by Gasteiger charge is -2.21. The van der Waals surface area contributed by atoms with Gasteiger partial charge in [-0.3, -0.25) is 23.4 Å². The molecule has 3 unspecified atom stereocenters. The molecule has 0 radical (unpaired) electrons. The maximum Gasteiger partial charge on any atom is 0.472 e. The number of carbonyl (C=O) groups is 3. The molecule has 0 saturated carbocycles. The van der Waals surface area contributed by atoms with E-state index >= 15 is 0 Å². The van der Waals surface area contributed by atoms with Crippen LogP contribution in [0.15, 0.2) is 60.8 Å². The average Bonchev–Trinajstić information content (AvgIpc) is 3.43. The van der Waals surface area contributed by atoms with Gasteiger partial charge in [-0.1, -0.05) is 255 Å². The van der Waals surface area contributed by atoms with Crippen molar-refractivity contribution in [2.24, 2.45) is 0 Å². The van der Waals surface area contributed by atoms with Gasteiger partial charge in [0, 0.05) is 19.3 Å². The van der Waals surface area contributed by atoms with Crippen molar-refractivity contribution in [2.75, 3.05) is 26.4 Å². The molecule has 0 saturated heterocycles. The standard InChI is InChI=1S/C66H119O11P/c1-4-7-10-13-16-19-22-25-27-29-31-33-35-38-40-43-46-49-52-55-64(68)73-59-63(77-66(70)57-54-51-48-45-42-39-36-34-32-30-28-26-23-20-17-14-11-8-5-2)61-75-78(71,72)74-60-62(58-67)76-65(69)56-53-50-47-44-41-37-24-21-18-15-12-9-6-3/h16-17,19-20,25-28,32,34,62-63,67H,4-15,18,21-24,29-31,33,35-61H2,1-3H3,(H,71,72)/b19-16-,20-17-,27-25-,28-26-,34-32-. The van der Waals surface area contributed by atoms with E-state index < -0.39 is 57.8 Å². The number of carbonyl (C=O) groups excluding carboxylic acids is 3. The molecule has 0 aromatic heterocycles. The highest BCUT2D eigenvalue weighted by atomic mass is 31.2. The minimum absolute atomic E-state index is 0.153. The van der Waals surface area contributed by atoms with Gasteiger partial charge in [-0.25, -0.2) is 4.57 Å². The highest BCUT2D eigenvalue weighted by Crippen LogP contribution is 2.43. The van der Waals surface area contributed by atoms with Gasteiger partial charge < -0.3 is 24.2 Å². The van der Waals surface area contributed by atoms with Crippen LogP contribution in [0.25, 0.3) is 0 Å². The number of hydrogen-bond acceptors (Lipinski definition) is 10. The zero-order valence-electron chi connectivity index (χ0n) is 50.4. The normalized spacial score (nSPS) is 13.7. The summed E-state index contributed by atoms with van der Waals surface area (Å²) >= 11 is 0. The molecule has 12 heteroatoms. The summed E-state index contributed by atoms with van der Waals surface area (Å²) in [5, 5.41) is 9.84. The number of hydrogen-bond donors (Lipinski definition) is 2. The fourth-order valence-electron chi connectivity index (χ4n) is 8.98. The topological polar surface area (TPSA) is 155 Å². The lowest BCUT2D eigenvalue weighted by atomic mass is 10.0. The van der Waals surface area contributed by atoms with E-state index in [-0.39, 0.29) is 25.9 Å². The molecule has 3 atom stereocenters. The zero-order chi connectivity index (χ0) is 56.9. The summed E-state index contributed by atoms with van der Waals surface area (Å²) in [6.07, 6.45) is 67.3. The van der Waals surface area contributed by atoms with Gasteiger partial charge in [0.15, 0.2) is 6.10 Å². The first-order chi connectivity index (χ1) is 38.2. The van der Waals surface area contributed by atoms with Crippen molar-refractivity contribution in [1.82, 2.24) is 0 Å². The molecule has 0 heterocycles. The minimum atomic E-state index is -4.75. The van der Waals surface area contributed by atoms with E-state index in [2.05, 4.69) is 81.5 Å². The summed E-state index contributed by atoms with van der Waals surface area (Å²) in [4.78, 5) is 48.7. The van der Waals surface area contributed by atoms with Crippen molar-refractivity contribution in [1.29, 1.82) is 0 Å². The molecule has 78 heavy (non-hydrogen) atoms. The zero-order valence-corrected chi connectivity index (χ0v) is 51.3. The van der Waals surface area contributed by atoms with Gasteiger partial charge in [-0.2, -0.15) is 0 Å². The monoisotopic (exact) mass is 1120 g/mol. The molecular weight excluding hydrogens is 1000 g/mol. The minimum Gasteiger partial charge on any atom is -0.462 e. The lowest BCUT2D eigenvalue weighted by Crippen LogP contribution is -2.30. The van der Waals surface area contributed by atoms with Crippen LogP contribution < -0.4 is 0 Å². The van der Waals surface area contributed by atoms with E-state index in [0.717, 1.165) is 103 Å². The first-order valence-corrected chi connectivity index (χ1v) is 33.7. The molecule has 0 spiro atoms. The van der Waals surface area contributed by atoms with Crippen LogP contribution in [0.2, 0.25) is 0 Å². The Balaban J connectivity index is 4.72. The highest BCUT2D eigenvalue weighted by molar-refractivity contribution is 7.47. The van der Waals surface area contributed by atoms with E-state index in [9.17, 15) is 28.9 Å². The van der Waals surface area contributed by atoms with Gasteiger partial charge >= 0.3 is 25.7 Å². The maximum absolute atomic E-state index is 13.0. The van der Waals surface area contributed by atoms with Crippen LogP contribution in [-0.2, 0) is 42.2 Å². The molecular formula is C66H119O11P. The molecule has 2 N–H and O–H groups in total. The van der Waals surface area contributed by atoms with Crippen LogP contribution in [0.5, 0.6) is 0 Å². The van der Waals surface area contributed by atoms with Crippen LogP contribution in [0.4, 0.5) is 0 Å². The number of rotatable bonds is 60. The van der Waals surface area contributed by atoms with Crippen LogP contribution in [0.3, 0.4) is 0 Å². The Morgan fingerprint density at radius 2 is 0.628 bits per heavy atom. The van der Waals surface area contributed by atoms with Gasteiger partial charge in [0.1, 0.15) is 12.7 Å². The largest absolute Gasteiger partial charge is 0.472 e. The first-order valence-electron chi connectivity index (χ1n) is 32.2. The van der Waals surface area contributed by atoms with E-state index in [1.54, 1.807) is 0 Å². The fourth-order valence-corrected chi connectivity index (χ4v) is 9.77. The summed E-state index contributed by atoms with van der Waals surface area (Å²) < 4.78 is 39.7. The van der Waals surface area contributed by atoms with Gasteiger partial charge in [0.25, 0.3) is 0 Å². The molecule has 0 bridgehead atoms. The number of esters is 3. The first kappa shape index (κ1) is 75.2. The van der Waals surface area contributed by atoms with Crippen molar-refractivity contribution in [3.8, 4) is 0 Å². The third kappa shape index (κ3) is 57.9. The Hall–Kier alpha value is -2.82. The van der Waals surface area contributed by atoms with Gasteiger partial charge in [-0.15, -0.1) is 0 Å². The Kier molecular flexibility index (Phi) is 58.1. The molecule has 11 nitrogen and oxygen atoms in total. The Morgan fingerprint density at radius 3 is 0.987 bits per heavy atom. The molecule has 0 amide bonds. The maximum atomic E-state index is 13.0. The van der Waals surface area contributed by atoms with Gasteiger partial charge in [0.2, 0.25) is 0 Å². The lowest BCUT2D eigenvalue weighted by molar-refractivity contribution is -0.161. The summed E-state index contributed by atoms with van der Waals surface area (Å²) in [7, 11) is -4.75. The molecule has 0 fully saturated rings. The molecule has 0 aromatic carbocycles. The van der Waals surface area contributed by atoms with Crippen molar-refractivity contribution in [3.05, 3.63) is 60.8 Å². The van der Waals surface area contributed by atoms with E-state index in [4.69, 9.17) is 23.3 Å². The van der Waals surface area contributed by atoms with Crippen LogP contribution in [0.1, 0.15) is 303 Å². The summed E-state index contributed by atoms with van der Waals surface area (Å²) in [5.74, 6) is -1.47. The van der Waals surface area contributed by atoms with Gasteiger partial charge in [-0.05, 0) is 89.9 Å². The summed E-state index contributed by atoms with van der Waals surface area (Å²) in [6.45, 7) is 4.62. The molecule has 0 rings (SSSR count). The highest BCUT2D eigenvalue weighted by Gasteiger charge is 2.28. The number of allylic oxidation sites excluding steroid dienone is 10. The summed E-state index contributed by atoms with van der Waals surface area (Å²) in [6, 6.07) is 0. The quantitative estimate of drug-likeness (QED) is 0.0197. The molecule has 0 aromatic rings. The number of phosphoric acid groups is 1. The number of aliphatic hydroxyl groups excluding tert-OH is 1. The smallest absolute Gasteiger partial charge is 0.462 e. The molecule has 0 aliphatic rings. The number of aliphatic hydroxyl groups is 1.